The molecule has 34 heavy (non-hydrogen) atoms. The van der Waals surface area contributed by atoms with Gasteiger partial charge in [0.05, 0.1) is 17.9 Å². The number of hydrogen-bond acceptors (Lipinski definition) is 7. The number of hydrogen-bond donors (Lipinski definition) is 3. The topological polar surface area (TPSA) is 133 Å². The van der Waals surface area contributed by atoms with E-state index in [0.29, 0.717) is 5.69 Å². The molecule has 2 aromatic carbocycles. The average Bonchev–Trinajstić information content (AvgIpc) is 2.73. The number of carbonyl (C=O) groups is 1. The number of amides is 1. The summed E-state index contributed by atoms with van der Waals surface area (Å²) in [7, 11) is -2.20. The van der Waals surface area contributed by atoms with E-state index in [1.165, 1.54) is 67.7 Å². The molecule has 3 rings (SSSR count). The molecule has 0 aliphatic carbocycles. The Bertz CT molecular complexity index is 1280. The van der Waals surface area contributed by atoms with Crippen LogP contribution in [0.2, 0.25) is 0 Å². The van der Waals surface area contributed by atoms with Gasteiger partial charge in [-0.05, 0) is 43.3 Å². The Hall–Kier alpha value is -3.43. The zero-order valence-corrected chi connectivity index (χ0v) is 20.4. The summed E-state index contributed by atoms with van der Waals surface area (Å²) in [4.78, 5) is 16.2. The van der Waals surface area contributed by atoms with Crippen LogP contribution in [0.1, 0.15) is 24.2 Å². The standard InChI is InChI=1S/C22H24FN4O5PS/c1-3-31-18-12-15(26-21(28)14-7-10-20(24)25-13-14)8-9-19(18)34(29,30)27-16-5-4-6-17(11-16)32-22(2,23)33/h4-13,27H,3,33H2,1-2H3,(H2,24,25)(H,26,28). The minimum atomic E-state index is -4.09. The van der Waals surface area contributed by atoms with E-state index < -0.39 is 21.5 Å². The molecule has 0 aliphatic rings. The molecule has 9 nitrogen and oxygen atoms in total. The first-order chi connectivity index (χ1) is 16.0. The van der Waals surface area contributed by atoms with Crippen molar-refractivity contribution in [1.82, 2.24) is 4.98 Å². The van der Waals surface area contributed by atoms with Crippen molar-refractivity contribution in [2.45, 2.75) is 24.3 Å². The Morgan fingerprint density at radius 3 is 2.59 bits per heavy atom. The summed E-state index contributed by atoms with van der Waals surface area (Å²) >= 11 is 0. The van der Waals surface area contributed by atoms with Crippen molar-refractivity contribution < 1.29 is 27.1 Å². The molecule has 1 heterocycles. The van der Waals surface area contributed by atoms with Crippen LogP contribution in [0, 0.1) is 0 Å². The maximum Gasteiger partial charge on any atom is 0.265 e. The molecular formula is C22H24FN4O5PS. The van der Waals surface area contributed by atoms with Crippen LogP contribution in [-0.4, -0.2) is 31.5 Å². The maximum atomic E-state index is 13.7. The Morgan fingerprint density at radius 2 is 1.94 bits per heavy atom. The van der Waals surface area contributed by atoms with Gasteiger partial charge in [0.15, 0.2) is 0 Å². The summed E-state index contributed by atoms with van der Waals surface area (Å²) in [5.41, 5.74) is 4.29. The molecule has 0 saturated heterocycles. The lowest BCUT2D eigenvalue weighted by Crippen LogP contribution is -2.18. The second-order valence-electron chi connectivity index (χ2n) is 7.24. The van der Waals surface area contributed by atoms with E-state index in [0.717, 1.165) is 0 Å². The van der Waals surface area contributed by atoms with Crippen LogP contribution in [0.15, 0.2) is 65.7 Å². The second-order valence-corrected chi connectivity index (χ2v) is 9.92. The van der Waals surface area contributed by atoms with Gasteiger partial charge < -0.3 is 20.5 Å². The largest absolute Gasteiger partial charge is 0.492 e. The highest BCUT2D eigenvalue weighted by Gasteiger charge is 2.22. The van der Waals surface area contributed by atoms with Crippen molar-refractivity contribution in [3.63, 3.8) is 0 Å². The molecule has 2 atom stereocenters. The van der Waals surface area contributed by atoms with Gasteiger partial charge in [0.1, 0.15) is 22.2 Å². The van der Waals surface area contributed by atoms with Gasteiger partial charge in [-0.2, -0.15) is 4.39 Å². The molecule has 1 aromatic heterocycles. The van der Waals surface area contributed by atoms with Crippen LogP contribution in [0.25, 0.3) is 0 Å². The average molecular weight is 506 g/mol. The molecule has 4 N–H and O–H groups in total. The molecule has 180 valence electrons. The number of nitrogens with two attached hydrogens (primary N) is 1. The quantitative estimate of drug-likeness (QED) is 0.374. The highest BCUT2D eigenvalue weighted by Crippen LogP contribution is 2.31. The van der Waals surface area contributed by atoms with Gasteiger partial charge in [0, 0.05) is 30.9 Å². The summed E-state index contributed by atoms with van der Waals surface area (Å²) in [6, 6.07) is 13.0. The van der Waals surface area contributed by atoms with E-state index in [4.69, 9.17) is 15.2 Å². The first-order valence-corrected chi connectivity index (χ1v) is 12.1. The summed E-state index contributed by atoms with van der Waals surface area (Å²) in [6.45, 7) is 3.09. The summed E-state index contributed by atoms with van der Waals surface area (Å²) < 4.78 is 52.9. The third-order valence-corrected chi connectivity index (χ3v) is 5.78. The molecule has 12 heteroatoms. The molecular weight excluding hydrogens is 482 g/mol. The number of nitrogens with one attached hydrogen (secondary N) is 2. The molecule has 0 aliphatic heterocycles. The van der Waals surface area contributed by atoms with E-state index >= 15 is 0 Å². The minimum Gasteiger partial charge on any atom is -0.492 e. The molecule has 0 bridgehead atoms. The lowest BCUT2D eigenvalue weighted by molar-refractivity contribution is 0.0473. The third-order valence-electron chi connectivity index (χ3n) is 4.24. The monoisotopic (exact) mass is 506 g/mol. The SMILES string of the molecule is CCOc1cc(NC(=O)c2ccc(N)nc2)ccc1S(=O)(=O)Nc1cccc(OC(C)(F)P)c1. The molecule has 1 amide bonds. The van der Waals surface area contributed by atoms with Gasteiger partial charge in [-0.15, -0.1) is 0 Å². The number of nitrogens with zero attached hydrogens (tertiary/aromatic N) is 1. The molecule has 0 fully saturated rings. The van der Waals surface area contributed by atoms with Crippen molar-refractivity contribution in [1.29, 1.82) is 0 Å². The number of ether oxygens (including phenoxy) is 2. The van der Waals surface area contributed by atoms with Crippen LogP contribution in [0.5, 0.6) is 11.5 Å². The normalized spacial score (nSPS) is 12.9. The number of aromatic nitrogens is 1. The number of alkyl halides is 1. The van der Waals surface area contributed by atoms with Crippen LogP contribution < -0.4 is 25.2 Å². The van der Waals surface area contributed by atoms with E-state index in [-0.39, 0.29) is 40.1 Å². The molecule has 2 unspecified atom stereocenters. The van der Waals surface area contributed by atoms with E-state index in [9.17, 15) is 17.6 Å². The number of carbonyl (C=O) groups excluding carboxylic acids is 1. The zero-order chi connectivity index (χ0) is 24.9. The predicted octanol–water partition coefficient (Wildman–Crippen LogP) is 4.01. The van der Waals surface area contributed by atoms with E-state index in [1.807, 2.05) is 9.24 Å². The van der Waals surface area contributed by atoms with Crippen molar-refractivity contribution in [3.8, 4) is 11.5 Å². The maximum absolute atomic E-state index is 13.7. The van der Waals surface area contributed by atoms with Crippen molar-refractivity contribution in [3.05, 3.63) is 66.4 Å². The number of benzene rings is 2. The van der Waals surface area contributed by atoms with Crippen LogP contribution >= 0.6 is 9.24 Å². The molecule has 0 radical (unpaired) electrons. The number of rotatable bonds is 9. The summed E-state index contributed by atoms with van der Waals surface area (Å²) in [5.74, 6) is 0.00783. The Balaban J connectivity index is 1.84. The fourth-order valence-electron chi connectivity index (χ4n) is 2.88. The first kappa shape index (κ1) is 25.2. The fraction of sp³-hybridized carbons (Fsp3) is 0.182. The van der Waals surface area contributed by atoms with Crippen LogP contribution in [-0.2, 0) is 10.0 Å². The minimum absolute atomic E-state index is 0.0388. The highest BCUT2D eigenvalue weighted by atomic mass is 32.2. The van der Waals surface area contributed by atoms with Crippen molar-refractivity contribution >= 4 is 42.4 Å². The summed E-state index contributed by atoms with van der Waals surface area (Å²) in [6.07, 6.45) is 1.33. The third kappa shape index (κ3) is 6.79. The Morgan fingerprint density at radius 1 is 1.18 bits per heavy atom. The Kier molecular flexibility index (Phi) is 7.58. The zero-order valence-electron chi connectivity index (χ0n) is 18.4. The first-order valence-electron chi connectivity index (χ1n) is 10.1. The van der Waals surface area contributed by atoms with Gasteiger partial charge in [-0.25, -0.2) is 13.4 Å². The number of halogens is 1. The van der Waals surface area contributed by atoms with Gasteiger partial charge in [0.2, 0.25) is 0 Å². The number of anilines is 3. The van der Waals surface area contributed by atoms with Gasteiger partial charge in [-0.1, -0.05) is 15.3 Å². The van der Waals surface area contributed by atoms with Crippen LogP contribution in [0.4, 0.5) is 21.6 Å². The molecule has 3 aromatic rings. The second kappa shape index (κ2) is 10.2. The number of sulfonamides is 1. The van der Waals surface area contributed by atoms with Gasteiger partial charge in [0.25, 0.3) is 21.5 Å². The smallest absolute Gasteiger partial charge is 0.265 e. The van der Waals surface area contributed by atoms with Gasteiger partial charge >= 0.3 is 0 Å². The highest BCUT2D eigenvalue weighted by molar-refractivity contribution is 7.92. The van der Waals surface area contributed by atoms with Crippen LogP contribution in [0.3, 0.4) is 0 Å². The predicted molar refractivity (Wildman–Crippen MR) is 131 cm³/mol. The van der Waals surface area contributed by atoms with Crippen molar-refractivity contribution in [2.24, 2.45) is 0 Å². The molecule has 0 saturated carbocycles. The van der Waals surface area contributed by atoms with E-state index in [1.54, 1.807) is 6.92 Å². The number of nitrogen functional groups attached to an aromatic ring is 1. The fourth-order valence-corrected chi connectivity index (χ4v) is 4.20. The lowest BCUT2D eigenvalue weighted by atomic mass is 10.2. The van der Waals surface area contributed by atoms with Gasteiger partial charge in [-0.3, -0.25) is 9.52 Å². The Labute approximate surface area is 199 Å². The molecule has 0 spiro atoms. The lowest BCUT2D eigenvalue weighted by Gasteiger charge is -2.18. The van der Waals surface area contributed by atoms with E-state index in [2.05, 4.69) is 15.0 Å². The number of pyridine rings is 1. The summed E-state index contributed by atoms with van der Waals surface area (Å²) in [5, 5.41) is 2.67. The van der Waals surface area contributed by atoms with Crippen molar-refractivity contribution in [2.75, 3.05) is 22.4 Å².